The molecule has 1 aromatic carbocycles. The highest BCUT2D eigenvalue weighted by atomic mass is 16.5. The highest BCUT2D eigenvalue weighted by Gasteiger charge is 2.14. The first-order valence-corrected chi connectivity index (χ1v) is 10.4. The molecule has 5 heteroatoms. The minimum atomic E-state index is -0.267. The predicted octanol–water partition coefficient (Wildman–Crippen LogP) is 3.95. The van der Waals surface area contributed by atoms with Gasteiger partial charge in [0, 0.05) is 25.7 Å². The van der Waals surface area contributed by atoms with Crippen LogP contribution in [0.5, 0.6) is 0 Å². The summed E-state index contributed by atoms with van der Waals surface area (Å²) in [5, 5.41) is 0. The molecule has 156 valence electrons. The lowest BCUT2D eigenvalue weighted by Crippen LogP contribution is -2.39. The van der Waals surface area contributed by atoms with Gasteiger partial charge in [0.1, 0.15) is 0 Å². The highest BCUT2D eigenvalue weighted by molar-refractivity contribution is 5.92. The molecule has 1 amide bonds. The van der Waals surface area contributed by atoms with Gasteiger partial charge in [0.05, 0.1) is 13.0 Å². The predicted molar refractivity (Wildman–Crippen MR) is 115 cm³/mol. The fourth-order valence-electron chi connectivity index (χ4n) is 2.86. The normalized spacial score (nSPS) is 11.4. The van der Waals surface area contributed by atoms with Crippen molar-refractivity contribution in [2.45, 2.75) is 47.0 Å². The van der Waals surface area contributed by atoms with Crippen molar-refractivity contribution in [2.75, 3.05) is 39.3 Å². The number of nitrogens with zero attached hydrogens (tertiary/aromatic N) is 2. The lowest BCUT2D eigenvalue weighted by atomic mass is 10.0. The van der Waals surface area contributed by atoms with Crippen molar-refractivity contribution in [1.82, 2.24) is 9.80 Å². The first-order chi connectivity index (χ1) is 13.4. The molecule has 0 aliphatic heterocycles. The molecule has 0 aliphatic rings. The third kappa shape index (κ3) is 8.70. The van der Waals surface area contributed by atoms with Gasteiger partial charge in [-0.15, -0.1) is 0 Å². The number of carbonyl (C=O) groups excluding carboxylic acids is 2. The molecule has 0 radical (unpaired) electrons. The molecule has 0 aliphatic carbocycles. The van der Waals surface area contributed by atoms with Crippen LogP contribution in [-0.4, -0.2) is 61.0 Å². The van der Waals surface area contributed by atoms with Crippen LogP contribution in [-0.2, 0) is 14.3 Å². The van der Waals surface area contributed by atoms with Crippen LogP contribution in [0.15, 0.2) is 30.3 Å². The minimum absolute atomic E-state index is 0.0793. The average molecular weight is 389 g/mol. The van der Waals surface area contributed by atoms with E-state index in [4.69, 9.17) is 4.74 Å². The largest absolute Gasteiger partial charge is 0.466 e. The Bertz CT molecular complexity index is 619. The lowest BCUT2D eigenvalue weighted by Gasteiger charge is -2.25. The molecule has 0 saturated heterocycles. The van der Waals surface area contributed by atoms with Crippen molar-refractivity contribution in [1.29, 1.82) is 0 Å². The van der Waals surface area contributed by atoms with Crippen LogP contribution in [0.3, 0.4) is 0 Å². The van der Waals surface area contributed by atoms with Gasteiger partial charge in [-0.05, 0) is 43.1 Å². The molecule has 28 heavy (non-hydrogen) atoms. The molecule has 1 rings (SSSR count). The van der Waals surface area contributed by atoms with Gasteiger partial charge in [0.2, 0.25) is 5.91 Å². The summed E-state index contributed by atoms with van der Waals surface area (Å²) in [6.45, 7) is 14.3. The quantitative estimate of drug-likeness (QED) is 0.402. The molecule has 0 heterocycles. The number of esters is 1. The molecular formula is C23H36N2O3. The van der Waals surface area contributed by atoms with E-state index in [0.717, 1.165) is 25.2 Å². The third-order valence-electron chi connectivity index (χ3n) is 4.80. The zero-order chi connectivity index (χ0) is 20.9. The summed E-state index contributed by atoms with van der Waals surface area (Å²) in [7, 11) is 0. The summed E-state index contributed by atoms with van der Waals surface area (Å²) >= 11 is 0. The maximum Gasteiger partial charge on any atom is 0.307 e. The Morgan fingerprint density at radius 3 is 2.18 bits per heavy atom. The van der Waals surface area contributed by atoms with Crippen molar-refractivity contribution < 1.29 is 14.3 Å². The fraction of sp³-hybridized carbons (Fsp3) is 0.565. The van der Waals surface area contributed by atoms with E-state index in [-0.39, 0.29) is 18.3 Å². The van der Waals surface area contributed by atoms with E-state index in [1.54, 1.807) is 17.9 Å². The van der Waals surface area contributed by atoms with E-state index >= 15 is 0 Å². The van der Waals surface area contributed by atoms with Gasteiger partial charge in [-0.25, -0.2) is 0 Å². The molecule has 0 saturated carbocycles. The van der Waals surface area contributed by atoms with Crippen molar-refractivity contribution in [3.05, 3.63) is 41.5 Å². The van der Waals surface area contributed by atoms with E-state index in [2.05, 4.69) is 44.7 Å². The van der Waals surface area contributed by atoms with E-state index in [1.165, 1.54) is 5.56 Å². The van der Waals surface area contributed by atoms with E-state index < -0.39 is 0 Å². The number of benzene rings is 1. The van der Waals surface area contributed by atoms with Crippen LogP contribution in [0.2, 0.25) is 0 Å². The Morgan fingerprint density at radius 1 is 1.00 bits per heavy atom. The number of likely N-dealkylation sites (N-methyl/N-ethyl adjacent to an activating group) is 1. The molecule has 0 spiro atoms. The number of carbonyl (C=O) groups is 2. The topological polar surface area (TPSA) is 49.9 Å². The van der Waals surface area contributed by atoms with Gasteiger partial charge in [-0.3, -0.25) is 9.59 Å². The third-order valence-corrected chi connectivity index (χ3v) is 4.80. The Kier molecular flexibility index (Phi) is 11.2. The summed E-state index contributed by atoms with van der Waals surface area (Å²) < 4.78 is 4.99. The van der Waals surface area contributed by atoms with Crippen molar-refractivity contribution in [2.24, 2.45) is 0 Å². The monoisotopic (exact) mass is 388 g/mol. The van der Waals surface area contributed by atoms with Crippen LogP contribution in [0.1, 0.15) is 58.1 Å². The summed E-state index contributed by atoms with van der Waals surface area (Å²) in [6, 6.07) is 8.23. The van der Waals surface area contributed by atoms with Crippen LogP contribution in [0.4, 0.5) is 0 Å². The minimum Gasteiger partial charge on any atom is -0.466 e. The van der Waals surface area contributed by atoms with Crippen molar-refractivity contribution in [3.63, 3.8) is 0 Å². The number of rotatable bonds is 12. The average Bonchev–Trinajstić information content (AvgIpc) is 2.69. The Morgan fingerprint density at radius 2 is 1.64 bits per heavy atom. The number of hydrogen-bond donors (Lipinski definition) is 0. The summed E-state index contributed by atoms with van der Waals surface area (Å²) in [4.78, 5) is 28.4. The summed E-state index contributed by atoms with van der Waals surface area (Å²) in [5.74, 6) is 0.138. The molecule has 5 nitrogen and oxygen atoms in total. The first kappa shape index (κ1) is 23.9. The van der Waals surface area contributed by atoms with E-state index in [9.17, 15) is 9.59 Å². The van der Waals surface area contributed by atoms with Crippen molar-refractivity contribution in [3.8, 4) is 0 Å². The van der Waals surface area contributed by atoms with Gasteiger partial charge in [0.25, 0.3) is 0 Å². The molecule has 0 N–H and O–H groups in total. The molecule has 0 unspecified atom stereocenters. The van der Waals surface area contributed by atoms with Crippen LogP contribution in [0.25, 0.3) is 6.08 Å². The zero-order valence-electron chi connectivity index (χ0n) is 18.1. The van der Waals surface area contributed by atoms with E-state index in [1.807, 2.05) is 18.2 Å². The van der Waals surface area contributed by atoms with Gasteiger partial charge in [-0.1, -0.05) is 52.0 Å². The molecular weight excluding hydrogens is 352 g/mol. The molecule has 0 fully saturated rings. The van der Waals surface area contributed by atoms with Crippen molar-refractivity contribution >= 4 is 18.0 Å². The molecule has 0 aromatic heterocycles. The lowest BCUT2D eigenvalue weighted by molar-refractivity contribution is -0.143. The highest BCUT2D eigenvalue weighted by Crippen LogP contribution is 2.15. The van der Waals surface area contributed by atoms with Crippen LogP contribution < -0.4 is 0 Å². The number of hydrogen-bond acceptors (Lipinski definition) is 4. The molecule has 0 atom stereocenters. The Labute approximate surface area is 170 Å². The maximum absolute atomic E-state index is 12.7. The SMILES string of the molecule is CCOC(=O)CCN(CCN(CC)CC)C(=O)/C=C/c1ccc(C(C)C)cc1. The second kappa shape index (κ2) is 13.1. The van der Waals surface area contributed by atoms with E-state index in [0.29, 0.717) is 25.6 Å². The Balaban J connectivity index is 2.76. The second-order valence-corrected chi connectivity index (χ2v) is 7.06. The first-order valence-electron chi connectivity index (χ1n) is 10.4. The molecule has 1 aromatic rings. The Hall–Kier alpha value is -2.14. The van der Waals surface area contributed by atoms with Gasteiger partial charge in [0.15, 0.2) is 0 Å². The maximum atomic E-state index is 12.7. The zero-order valence-corrected chi connectivity index (χ0v) is 18.1. The van der Waals surface area contributed by atoms with Gasteiger partial charge >= 0.3 is 5.97 Å². The second-order valence-electron chi connectivity index (χ2n) is 7.06. The van der Waals surface area contributed by atoms with Crippen LogP contribution in [0, 0.1) is 0 Å². The molecule has 0 bridgehead atoms. The standard InChI is InChI=1S/C23H36N2O3/c1-6-24(7-2)17-18-25(16-15-23(27)28-8-3)22(26)14-11-20-9-12-21(13-10-20)19(4)5/h9-14,19H,6-8,15-18H2,1-5H3/b14-11+. The van der Waals surface area contributed by atoms with Gasteiger partial charge in [-0.2, -0.15) is 0 Å². The van der Waals surface area contributed by atoms with Crippen LogP contribution >= 0.6 is 0 Å². The number of ether oxygens (including phenoxy) is 1. The number of amides is 1. The fourth-order valence-corrected chi connectivity index (χ4v) is 2.86. The smallest absolute Gasteiger partial charge is 0.307 e. The van der Waals surface area contributed by atoms with Gasteiger partial charge < -0.3 is 14.5 Å². The summed E-state index contributed by atoms with van der Waals surface area (Å²) in [6.07, 6.45) is 3.65. The summed E-state index contributed by atoms with van der Waals surface area (Å²) in [5.41, 5.74) is 2.27.